The number of phenolic OH excluding ortho intramolecular Hbond substituents is 1. The number of rotatable bonds is 6. The number of nitro groups is 1. The topological polar surface area (TPSA) is 152 Å². The summed E-state index contributed by atoms with van der Waals surface area (Å²) >= 11 is 1.98. The van der Waals surface area contributed by atoms with Gasteiger partial charge in [-0.15, -0.1) is 0 Å². The molecule has 6 rings (SSSR count). The third-order valence-corrected chi connectivity index (χ3v) is 9.58. The number of hydrogen-bond acceptors (Lipinski definition) is 9. The zero-order valence-electron chi connectivity index (χ0n) is 21.0. The average molecular weight is 589 g/mol. The maximum absolute atomic E-state index is 13.9. The van der Waals surface area contributed by atoms with Crippen molar-refractivity contribution in [2.45, 2.75) is 22.7 Å². The first-order valence-electron chi connectivity index (χ1n) is 12.4. The van der Waals surface area contributed by atoms with E-state index in [2.05, 4.69) is 5.32 Å². The lowest BCUT2D eigenvalue weighted by Crippen LogP contribution is -2.33. The van der Waals surface area contributed by atoms with Crippen LogP contribution in [-0.2, 0) is 20.9 Å². The number of phenols is 1. The summed E-state index contributed by atoms with van der Waals surface area (Å²) in [6.45, 7) is -0.291. The van der Waals surface area contributed by atoms with Crippen molar-refractivity contribution < 1.29 is 24.4 Å². The van der Waals surface area contributed by atoms with Gasteiger partial charge in [0.05, 0.1) is 21.6 Å². The molecule has 1 saturated heterocycles. The molecule has 2 N–H and O–H groups in total. The molecule has 206 valence electrons. The van der Waals surface area contributed by atoms with Gasteiger partial charge in [-0.25, -0.2) is 4.90 Å². The Bertz CT molecular complexity index is 1750. The Labute approximate surface area is 240 Å². The average Bonchev–Trinajstić information content (AvgIpc) is 3.40. The summed E-state index contributed by atoms with van der Waals surface area (Å²) in [5, 5.41) is 23.3. The van der Waals surface area contributed by atoms with Crippen LogP contribution < -0.4 is 15.1 Å². The van der Waals surface area contributed by atoms with Crippen molar-refractivity contribution >= 4 is 57.9 Å². The van der Waals surface area contributed by atoms with Gasteiger partial charge in [0.15, 0.2) is 0 Å². The Morgan fingerprint density at radius 3 is 2.29 bits per heavy atom. The van der Waals surface area contributed by atoms with Crippen LogP contribution in [0, 0.1) is 16.0 Å². The number of carbonyl (C=O) groups excluding carboxylic acids is 3. The minimum atomic E-state index is -0.915. The predicted molar refractivity (Wildman–Crippen MR) is 152 cm³/mol. The number of imide groups is 1. The molecule has 3 atom stereocenters. The van der Waals surface area contributed by atoms with E-state index in [1.807, 2.05) is 6.07 Å². The van der Waals surface area contributed by atoms with E-state index in [9.17, 15) is 34.4 Å². The SMILES string of the molecule is O=C(Cn1c2c(sc1=O)[C@@H](c1ccc(O)cc1)[C@H]1C(=O)N(c3ccc([N+](=O)[O-])cc3)C(=O)[C@H]1S2)Nc1ccccc1. The monoisotopic (exact) mass is 588 g/mol. The molecule has 2 aliphatic rings. The van der Waals surface area contributed by atoms with Gasteiger partial charge in [0.2, 0.25) is 17.7 Å². The molecular formula is C28H20N4O7S2. The van der Waals surface area contributed by atoms with Gasteiger partial charge in [-0.05, 0) is 42.0 Å². The first-order valence-corrected chi connectivity index (χ1v) is 14.1. The second kappa shape index (κ2) is 10.3. The normalized spacial score (nSPS) is 19.5. The number of thioether (sulfide) groups is 1. The van der Waals surface area contributed by atoms with Crippen LogP contribution in [0.3, 0.4) is 0 Å². The lowest BCUT2D eigenvalue weighted by molar-refractivity contribution is -0.384. The Morgan fingerprint density at radius 2 is 1.63 bits per heavy atom. The maximum atomic E-state index is 13.9. The molecule has 11 nitrogen and oxygen atoms in total. The van der Waals surface area contributed by atoms with Crippen molar-refractivity contribution in [1.82, 2.24) is 4.57 Å². The minimum Gasteiger partial charge on any atom is -0.508 e. The van der Waals surface area contributed by atoms with E-state index in [0.29, 0.717) is 21.2 Å². The minimum absolute atomic E-state index is 0.0142. The van der Waals surface area contributed by atoms with Gasteiger partial charge in [0.1, 0.15) is 17.5 Å². The number of fused-ring (bicyclic) bond motifs is 2. The number of nitrogens with zero attached hydrogens (tertiary/aromatic N) is 3. The van der Waals surface area contributed by atoms with E-state index in [4.69, 9.17) is 0 Å². The van der Waals surface area contributed by atoms with Gasteiger partial charge >= 0.3 is 4.87 Å². The highest BCUT2D eigenvalue weighted by Gasteiger charge is 2.56. The Balaban J connectivity index is 1.40. The Kier molecular flexibility index (Phi) is 6.67. The molecule has 1 fully saturated rings. The first-order chi connectivity index (χ1) is 19.7. The number of para-hydroxylation sites is 1. The van der Waals surface area contributed by atoms with Crippen molar-refractivity contribution in [2.24, 2.45) is 5.92 Å². The summed E-state index contributed by atoms with van der Waals surface area (Å²) in [5.74, 6) is -3.02. The number of aromatic nitrogens is 1. The summed E-state index contributed by atoms with van der Waals surface area (Å²) in [4.78, 5) is 65.4. The number of amides is 3. The van der Waals surface area contributed by atoms with Gasteiger partial charge in [-0.2, -0.15) is 0 Å². The third kappa shape index (κ3) is 4.68. The number of aromatic hydroxyl groups is 1. The number of nitro benzene ring substituents is 1. The molecule has 13 heteroatoms. The fourth-order valence-corrected chi connectivity index (χ4v) is 7.91. The summed E-state index contributed by atoms with van der Waals surface area (Å²) in [6, 6.07) is 20.2. The Morgan fingerprint density at radius 1 is 0.951 bits per heavy atom. The van der Waals surface area contributed by atoms with Crippen LogP contribution >= 0.6 is 23.1 Å². The zero-order chi connectivity index (χ0) is 28.8. The Hall–Kier alpha value is -4.75. The zero-order valence-corrected chi connectivity index (χ0v) is 22.6. The lowest BCUT2D eigenvalue weighted by Gasteiger charge is -2.30. The quantitative estimate of drug-likeness (QED) is 0.195. The van der Waals surface area contributed by atoms with Crippen LogP contribution in [0.25, 0.3) is 0 Å². The van der Waals surface area contributed by atoms with E-state index in [0.717, 1.165) is 28.0 Å². The number of anilines is 2. The highest BCUT2D eigenvalue weighted by Crippen LogP contribution is 2.54. The highest BCUT2D eigenvalue weighted by atomic mass is 32.2. The fourth-order valence-electron chi connectivity index (χ4n) is 5.14. The smallest absolute Gasteiger partial charge is 0.308 e. The van der Waals surface area contributed by atoms with E-state index >= 15 is 0 Å². The maximum Gasteiger partial charge on any atom is 0.308 e. The van der Waals surface area contributed by atoms with E-state index in [-0.39, 0.29) is 23.7 Å². The third-order valence-electron chi connectivity index (χ3n) is 6.98. The number of benzene rings is 3. The number of carbonyl (C=O) groups is 3. The standard InChI is InChI=1S/C28H20N4O7S2/c33-19-12-6-15(7-13-19)21-22-23(26(36)31(25(22)35)17-8-10-18(11-9-17)32(38)39)40-27-24(21)41-28(37)30(27)14-20(34)29-16-4-2-1-3-5-16/h1-13,21-23,33H,14H2,(H,29,34)/t21-,22+,23-/m0/s1. The second-order valence-electron chi connectivity index (χ2n) is 9.46. The summed E-state index contributed by atoms with van der Waals surface area (Å²) in [7, 11) is 0. The van der Waals surface area contributed by atoms with Crippen LogP contribution in [0.4, 0.5) is 17.1 Å². The van der Waals surface area contributed by atoms with Crippen LogP contribution in [-0.4, -0.2) is 37.6 Å². The van der Waals surface area contributed by atoms with Crippen molar-refractivity contribution in [3.63, 3.8) is 0 Å². The molecule has 4 aromatic rings. The highest BCUT2D eigenvalue weighted by molar-refractivity contribution is 8.00. The van der Waals surface area contributed by atoms with Crippen molar-refractivity contribution in [3.8, 4) is 5.75 Å². The molecule has 3 aromatic carbocycles. The van der Waals surface area contributed by atoms with Crippen LogP contribution in [0.1, 0.15) is 16.4 Å². The molecule has 0 aliphatic carbocycles. The van der Waals surface area contributed by atoms with Gasteiger partial charge in [0.25, 0.3) is 5.69 Å². The first kappa shape index (κ1) is 26.5. The van der Waals surface area contributed by atoms with Crippen molar-refractivity contribution in [1.29, 1.82) is 0 Å². The summed E-state index contributed by atoms with van der Waals surface area (Å²) < 4.78 is 1.32. The second-order valence-corrected chi connectivity index (χ2v) is 11.6. The van der Waals surface area contributed by atoms with Gasteiger partial charge in [-0.1, -0.05) is 53.4 Å². The van der Waals surface area contributed by atoms with Crippen LogP contribution in [0.15, 0.2) is 88.7 Å². The molecule has 1 aromatic heterocycles. The molecule has 3 amide bonds. The molecule has 0 unspecified atom stereocenters. The lowest BCUT2D eigenvalue weighted by atomic mass is 9.83. The van der Waals surface area contributed by atoms with Gasteiger partial charge in [0, 0.05) is 28.6 Å². The molecular weight excluding hydrogens is 568 g/mol. The van der Waals surface area contributed by atoms with Gasteiger partial charge < -0.3 is 10.4 Å². The predicted octanol–water partition coefficient (Wildman–Crippen LogP) is 3.96. The summed E-state index contributed by atoms with van der Waals surface area (Å²) in [6.07, 6.45) is 0. The molecule has 0 saturated carbocycles. The fraction of sp³-hybridized carbons (Fsp3) is 0.143. The van der Waals surface area contributed by atoms with E-state index < -0.39 is 44.6 Å². The molecule has 3 heterocycles. The summed E-state index contributed by atoms with van der Waals surface area (Å²) in [5.41, 5.74) is 1.21. The molecule has 2 aliphatic heterocycles. The molecule has 0 bridgehead atoms. The number of non-ortho nitro benzene ring substituents is 1. The largest absolute Gasteiger partial charge is 0.508 e. The number of thiazole rings is 1. The van der Waals surface area contributed by atoms with E-state index in [1.54, 1.807) is 36.4 Å². The van der Waals surface area contributed by atoms with Gasteiger partial charge in [-0.3, -0.25) is 33.9 Å². The molecule has 0 spiro atoms. The van der Waals surface area contributed by atoms with E-state index in [1.165, 1.54) is 41.0 Å². The number of hydrogen-bond donors (Lipinski definition) is 2. The molecule has 0 radical (unpaired) electrons. The van der Waals surface area contributed by atoms with Crippen LogP contribution in [0.2, 0.25) is 0 Å². The van der Waals surface area contributed by atoms with Crippen molar-refractivity contribution in [3.05, 3.63) is 109 Å². The molecule has 41 heavy (non-hydrogen) atoms. The number of nitrogens with one attached hydrogen (secondary N) is 1. The van der Waals surface area contributed by atoms with Crippen molar-refractivity contribution in [2.75, 3.05) is 10.2 Å². The van der Waals surface area contributed by atoms with Crippen LogP contribution in [0.5, 0.6) is 5.75 Å².